The second kappa shape index (κ2) is 7.05. The van der Waals surface area contributed by atoms with Gasteiger partial charge in [-0.25, -0.2) is 0 Å². The number of hydrogen-bond acceptors (Lipinski definition) is 4. The van der Waals surface area contributed by atoms with Gasteiger partial charge in [0.05, 0.1) is 18.9 Å². The highest BCUT2D eigenvalue weighted by Crippen LogP contribution is 2.31. The van der Waals surface area contributed by atoms with Crippen LogP contribution in [0.15, 0.2) is 54.6 Å². The molecule has 0 aromatic heterocycles. The lowest BCUT2D eigenvalue weighted by Crippen LogP contribution is -2.36. The molecular formula is C20H21N3O2S. The Labute approximate surface area is 158 Å². The minimum Gasteiger partial charge on any atom is -0.378 e. The molecule has 6 heteroatoms. The lowest BCUT2D eigenvalue weighted by Gasteiger charge is -2.29. The van der Waals surface area contributed by atoms with Crippen LogP contribution in [0, 0.1) is 0 Å². The molecule has 1 unspecified atom stereocenters. The van der Waals surface area contributed by atoms with Crippen LogP contribution in [0.1, 0.15) is 6.92 Å². The molecule has 5 nitrogen and oxygen atoms in total. The summed E-state index contributed by atoms with van der Waals surface area (Å²) in [6.45, 7) is 5.17. The summed E-state index contributed by atoms with van der Waals surface area (Å²) in [7, 11) is 0. The van der Waals surface area contributed by atoms with Gasteiger partial charge in [0, 0.05) is 24.5 Å². The van der Waals surface area contributed by atoms with Gasteiger partial charge in [0.25, 0.3) is 5.91 Å². The summed E-state index contributed by atoms with van der Waals surface area (Å²) in [5.74, 6) is -0.00187. The molecule has 1 amide bonds. The van der Waals surface area contributed by atoms with Crippen molar-refractivity contribution >= 4 is 40.3 Å². The summed E-state index contributed by atoms with van der Waals surface area (Å²) < 4.78 is 5.40. The average molecular weight is 367 g/mol. The van der Waals surface area contributed by atoms with E-state index in [1.165, 1.54) is 0 Å². The first kappa shape index (κ1) is 17.0. The number of ether oxygens (including phenoxy) is 1. The minimum absolute atomic E-state index is 0.00187. The zero-order chi connectivity index (χ0) is 18.1. The number of carbonyl (C=O) groups is 1. The zero-order valence-electron chi connectivity index (χ0n) is 14.7. The highest BCUT2D eigenvalue weighted by atomic mass is 32.1. The zero-order valence-corrected chi connectivity index (χ0v) is 15.5. The second-order valence-corrected chi connectivity index (χ2v) is 6.82. The smallest absolute Gasteiger partial charge is 0.256 e. The number of thiocarbonyl (C=S) groups is 1. The number of benzene rings is 2. The molecule has 0 saturated carbocycles. The van der Waals surface area contributed by atoms with Crippen LogP contribution < -0.4 is 14.7 Å². The van der Waals surface area contributed by atoms with Crippen molar-refractivity contribution in [3.05, 3.63) is 54.6 Å². The SMILES string of the molecule is CC1C(=O)N(c2ccc(N3CCOCC3)cc2)C(=S)N1c1ccccc1. The Balaban J connectivity index is 1.59. The highest BCUT2D eigenvalue weighted by Gasteiger charge is 2.41. The quantitative estimate of drug-likeness (QED) is 0.780. The normalized spacial score (nSPS) is 20.8. The Hall–Kier alpha value is -2.44. The summed E-state index contributed by atoms with van der Waals surface area (Å²) in [5.41, 5.74) is 2.88. The summed E-state index contributed by atoms with van der Waals surface area (Å²) in [5, 5.41) is 0.521. The van der Waals surface area contributed by atoms with Crippen LogP contribution >= 0.6 is 12.2 Å². The second-order valence-electron chi connectivity index (χ2n) is 6.45. The van der Waals surface area contributed by atoms with E-state index in [2.05, 4.69) is 4.90 Å². The van der Waals surface area contributed by atoms with Gasteiger partial charge in [0.2, 0.25) is 0 Å². The summed E-state index contributed by atoms with van der Waals surface area (Å²) in [6, 6.07) is 17.5. The van der Waals surface area contributed by atoms with Gasteiger partial charge in [0.15, 0.2) is 5.11 Å². The number of hydrogen-bond donors (Lipinski definition) is 0. The number of amides is 1. The molecule has 2 saturated heterocycles. The lowest BCUT2D eigenvalue weighted by molar-refractivity contribution is -0.117. The first-order valence-corrected chi connectivity index (χ1v) is 9.22. The van der Waals surface area contributed by atoms with E-state index in [0.717, 1.165) is 43.4 Å². The van der Waals surface area contributed by atoms with Crippen LogP contribution in [-0.2, 0) is 9.53 Å². The third-order valence-corrected chi connectivity index (χ3v) is 5.26. The fourth-order valence-electron chi connectivity index (χ4n) is 3.46. The largest absolute Gasteiger partial charge is 0.378 e. The lowest BCUT2D eigenvalue weighted by atomic mass is 10.2. The van der Waals surface area contributed by atoms with Gasteiger partial charge >= 0.3 is 0 Å². The highest BCUT2D eigenvalue weighted by molar-refractivity contribution is 7.81. The summed E-state index contributed by atoms with van der Waals surface area (Å²) in [4.78, 5) is 18.7. The summed E-state index contributed by atoms with van der Waals surface area (Å²) >= 11 is 5.64. The first-order valence-electron chi connectivity index (χ1n) is 8.82. The number of rotatable bonds is 3. The molecule has 2 aromatic rings. The van der Waals surface area contributed by atoms with E-state index in [0.29, 0.717) is 5.11 Å². The van der Waals surface area contributed by atoms with Gasteiger partial charge in [-0.05, 0) is 55.5 Å². The van der Waals surface area contributed by atoms with E-state index in [1.54, 1.807) is 4.90 Å². The molecule has 0 aliphatic carbocycles. The molecule has 1 atom stereocenters. The molecule has 2 heterocycles. The Morgan fingerprint density at radius 1 is 0.923 bits per heavy atom. The van der Waals surface area contributed by atoms with Gasteiger partial charge in [-0.1, -0.05) is 18.2 Å². The molecule has 2 fully saturated rings. The van der Waals surface area contributed by atoms with Gasteiger partial charge in [0.1, 0.15) is 6.04 Å². The number of carbonyl (C=O) groups excluding carboxylic acids is 1. The molecule has 4 rings (SSSR count). The van der Waals surface area contributed by atoms with Gasteiger partial charge in [-0.2, -0.15) is 0 Å². The van der Waals surface area contributed by atoms with E-state index >= 15 is 0 Å². The molecule has 0 bridgehead atoms. The molecule has 2 aliphatic heterocycles. The Morgan fingerprint density at radius 3 is 2.19 bits per heavy atom. The molecule has 0 spiro atoms. The van der Waals surface area contributed by atoms with Crippen LogP contribution in [0.2, 0.25) is 0 Å². The Morgan fingerprint density at radius 2 is 1.54 bits per heavy atom. The van der Waals surface area contributed by atoms with Gasteiger partial charge < -0.3 is 14.5 Å². The van der Waals surface area contributed by atoms with Crippen LogP contribution in [-0.4, -0.2) is 43.4 Å². The number of para-hydroxylation sites is 1. The van der Waals surface area contributed by atoms with E-state index in [1.807, 2.05) is 66.4 Å². The monoisotopic (exact) mass is 367 g/mol. The Kier molecular flexibility index (Phi) is 4.61. The van der Waals surface area contributed by atoms with Crippen LogP contribution in [0.3, 0.4) is 0 Å². The van der Waals surface area contributed by atoms with Crippen molar-refractivity contribution in [3.8, 4) is 0 Å². The number of nitrogens with zero attached hydrogens (tertiary/aromatic N) is 3. The molecule has 0 N–H and O–H groups in total. The predicted molar refractivity (Wildman–Crippen MR) is 108 cm³/mol. The van der Waals surface area contributed by atoms with E-state index in [4.69, 9.17) is 17.0 Å². The van der Waals surface area contributed by atoms with Gasteiger partial charge in [-0.15, -0.1) is 0 Å². The third-order valence-electron chi connectivity index (χ3n) is 4.88. The van der Waals surface area contributed by atoms with Crippen LogP contribution in [0.5, 0.6) is 0 Å². The predicted octanol–water partition coefficient (Wildman–Crippen LogP) is 3.05. The maximum absolute atomic E-state index is 12.9. The van der Waals surface area contributed by atoms with Crippen molar-refractivity contribution in [1.82, 2.24) is 0 Å². The molecule has 134 valence electrons. The van der Waals surface area contributed by atoms with E-state index in [-0.39, 0.29) is 11.9 Å². The fraction of sp³-hybridized carbons (Fsp3) is 0.300. The van der Waals surface area contributed by atoms with Crippen molar-refractivity contribution in [2.75, 3.05) is 41.0 Å². The molecule has 2 aromatic carbocycles. The Bertz CT molecular complexity index is 804. The number of anilines is 3. The molecule has 0 radical (unpaired) electrons. The van der Waals surface area contributed by atoms with Crippen LogP contribution in [0.25, 0.3) is 0 Å². The average Bonchev–Trinajstić information content (AvgIpc) is 2.92. The topological polar surface area (TPSA) is 36.0 Å². The fourth-order valence-corrected chi connectivity index (χ4v) is 3.92. The van der Waals surface area contributed by atoms with E-state index in [9.17, 15) is 4.79 Å². The van der Waals surface area contributed by atoms with E-state index < -0.39 is 0 Å². The van der Waals surface area contributed by atoms with Crippen molar-refractivity contribution in [2.45, 2.75) is 13.0 Å². The molecule has 2 aliphatic rings. The van der Waals surface area contributed by atoms with Crippen molar-refractivity contribution < 1.29 is 9.53 Å². The summed E-state index contributed by atoms with van der Waals surface area (Å²) in [6.07, 6.45) is 0. The first-order chi connectivity index (χ1) is 12.7. The molecular weight excluding hydrogens is 346 g/mol. The number of morpholine rings is 1. The maximum Gasteiger partial charge on any atom is 0.256 e. The standard InChI is InChI=1S/C20H21N3O2S/c1-15-19(24)23(20(26)22(15)17-5-3-2-4-6-17)18-9-7-16(8-10-18)21-11-13-25-14-12-21/h2-10,15H,11-14H2,1H3. The maximum atomic E-state index is 12.9. The third kappa shape index (κ3) is 2.95. The van der Waals surface area contributed by atoms with Crippen LogP contribution in [0.4, 0.5) is 17.1 Å². The van der Waals surface area contributed by atoms with Crippen molar-refractivity contribution in [2.24, 2.45) is 0 Å². The van der Waals surface area contributed by atoms with Crippen molar-refractivity contribution in [3.63, 3.8) is 0 Å². The molecule has 26 heavy (non-hydrogen) atoms. The van der Waals surface area contributed by atoms with Crippen molar-refractivity contribution in [1.29, 1.82) is 0 Å². The van der Waals surface area contributed by atoms with Gasteiger partial charge in [-0.3, -0.25) is 9.69 Å². The minimum atomic E-state index is -0.316.